The second-order valence-electron chi connectivity index (χ2n) is 8.48. The highest BCUT2D eigenvalue weighted by Crippen LogP contribution is 2.40. The lowest BCUT2D eigenvalue weighted by Crippen LogP contribution is -2.38. The number of nitrogens with one attached hydrogen (secondary N) is 1. The van der Waals surface area contributed by atoms with E-state index < -0.39 is 0 Å². The molecule has 0 unspecified atom stereocenters. The van der Waals surface area contributed by atoms with E-state index in [2.05, 4.69) is 23.2 Å². The van der Waals surface area contributed by atoms with E-state index in [0.29, 0.717) is 0 Å². The molecule has 148 valence electrons. The number of amides is 1. The number of hydrogen-bond acceptors (Lipinski definition) is 4. The molecular formula is C22H33N3O2. The molecule has 27 heavy (non-hydrogen) atoms. The molecule has 1 N–H and O–H groups in total. The average Bonchev–Trinajstić information content (AvgIpc) is 3.18. The molecule has 5 nitrogen and oxygen atoms in total. The van der Waals surface area contributed by atoms with Crippen LogP contribution in [-0.2, 0) is 28.9 Å². The molecule has 4 rings (SSSR count). The Morgan fingerprint density at radius 3 is 2.70 bits per heavy atom. The maximum atomic E-state index is 13.1. The minimum absolute atomic E-state index is 0.187. The van der Waals surface area contributed by atoms with Crippen molar-refractivity contribution in [1.29, 1.82) is 0 Å². The zero-order valence-electron chi connectivity index (χ0n) is 16.7. The third-order valence-corrected chi connectivity index (χ3v) is 6.85. The maximum absolute atomic E-state index is 13.1. The minimum atomic E-state index is -0.191. The van der Waals surface area contributed by atoms with Gasteiger partial charge in [0.05, 0.1) is 13.2 Å². The number of fused-ring (bicyclic) bond motifs is 1. The van der Waals surface area contributed by atoms with Crippen molar-refractivity contribution in [2.75, 3.05) is 31.6 Å². The van der Waals surface area contributed by atoms with Gasteiger partial charge in [0.25, 0.3) is 0 Å². The second-order valence-corrected chi connectivity index (χ2v) is 8.48. The van der Waals surface area contributed by atoms with Gasteiger partial charge in [-0.3, -0.25) is 9.69 Å². The van der Waals surface area contributed by atoms with Gasteiger partial charge in [0, 0.05) is 30.7 Å². The number of morpholine rings is 1. The van der Waals surface area contributed by atoms with Gasteiger partial charge in [-0.15, -0.1) is 0 Å². The van der Waals surface area contributed by atoms with Crippen LogP contribution in [0.4, 0.5) is 5.82 Å². The largest absolute Gasteiger partial charge is 0.379 e. The van der Waals surface area contributed by atoms with Gasteiger partial charge in [0.1, 0.15) is 5.82 Å². The van der Waals surface area contributed by atoms with Crippen LogP contribution < -0.4 is 5.32 Å². The monoisotopic (exact) mass is 371 g/mol. The first-order valence-corrected chi connectivity index (χ1v) is 10.8. The number of aromatic nitrogens is 1. The highest BCUT2D eigenvalue weighted by molar-refractivity contribution is 5.94. The van der Waals surface area contributed by atoms with Gasteiger partial charge in [0.2, 0.25) is 5.91 Å². The van der Waals surface area contributed by atoms with E-state index in [0.717, 1.165) is 70.8 Å². The van der Waals surface area contributed by atoms with Crippen LogP contribution >= 0.6 is 0 Å². The molecule has 1 aliphatic heterocycles. The second kappa shape index (κ2) is 8.27. The summed E-state index contributed by atoms with van der Waals surface area (Å²) in [6.07, 6.45) is 9.88. The molecular weight excluding hydrogens is 338 g/mol. The number of nitrogens with zero attached hydrogens (tertiary/aromatic N) is 2. The van der Waals surface area contributed by atoms with Gasteiger partial charge in [-0.25, -0.2) is 4.98 Å². The molecule has 0 atom stereocenters. The lowest BCUT2D eigenvalue weighted by molar-refractivity contribution is -0.127. The summed E-state index contributed by atoms with van der Waals surface area (Å²) >= 11 is 0. The number of pyridine rings is 1. The lowest BCUT2D eigenvalue weighted by Gasteiger charge is -2.35. The fourth-order valence-electron chi connectivity index (χ4n) is 5.05. The van der Waals surface area contributed by atoms with Gasteiger partial charge >= 0.3 is 0 Å². The third kappa shape index (κ3) is 4.04. The maximum Gasteiger partial charge on any atom is 0.231 e. The van der Waals surface area contributed by atoms with Crippen LogP contribution in [0, 0.1) is 5.41 Å². The highest BCUT2D eigenvalue weighted by Gasteiger charge is 2.38. The Bertz CT molecular complexity index is 676. The van der Waals surface area contributed by atoms with Crippen LogP contribution in [0.2, 0.25) is 0 Å². The van der Waals surface area contributed by atoms with Gasteiger partial charge < -0.3 is 10.1 Å². The normalized spacial score (nSPS) is 22.4. The molecule has 0 spiro atoms. The number of carbonyl (C=O) groups is 1. The predicted octanol–water partition coefficient (Wildman–Crippen LogP) is 3.70. The van der Waals surface area contributed by atoms with Crippen molar-refractivity contribution in [2.45, 2.75) is 71.3 Å². The summed E-state index contributed by atoms with van der Waals surface area (Å²) in [5.74, 6) is 0.953. The third-order valence-electron chi connectivity index (χ3n) is 6.85. The van der Waals surface area contributed by atoms with Crippen molar-refractivity contribution in [2.24, 2.45) is 5.41 Å². The topological polar surface area (TPSA) is 54.5 Å². The van der Waals surface area contributed by atoms with E-state index >= 15 is 0 Å². The first-order valence-electron chi connectivity index (χ1n) is 10.8. The highest BCUT2D eigenvalue weighted by atomic mass is 16.5. The van der Waals surface area contributed by atoms with Crippen molar-refractivity contribution in [3.63, 3.8) is 0 Å². The summed E-state index contributed by atoms with van der Waals surface area (Å²) in [4.78, 5) is 20.4. The van der Waals surface area contributed by atoms with Crippen LogP contribution in [-0.4, -0.2) is 42.1 Å². The smallest absolute Gasteiger partial charge is 0.231 e. The van der Waals surface area contributed by atoms with Crippen molar-refractivity contribution in [3.8, 4) is 0 Å². The van der Waals surface area contributed by atoms with E-state index in [-0.39, 0.29) is 11.3 Å². The molecule has 3 aliphatic rings. The van der Waals surface area contributed by atoms with Crippen LogP contribution in [0.25, 0.3) is 0 Å². The number of anilines is 1. The Hall–Kier alpha value is -1.46. The molecule has 1 aromatic heterocycles. The number of rotatable bonds is 5. The summed E-state index contributed by atoms with van der Waals surface area (Å²) in [6.45, 7) is 6.70. The SMILES string of the molecule is CCC1(C(=O)Nc2cc(CN3CCOCC3)c3c(n2)CCC3)CCCCC1. The molecule has 1 aromatic rings. The van der Waals surface area contributed by atoms with Crippen LogP contribution in [0.3, 0.4) is 0 Å². The van der Waals surface area contributed by atoms with E-state index in [4.69, 9.17) is 9.72 Å². The molecule has 1 amide bonds. The molecule has 2 heterocycles. The molecule has 0 bridgehead atoms. The Balaban J connectivity index is 1.54. The zero-order valence-corrected chi connectivity index (χ0v) is 16.7. The Morgan fingerprint density at radius 2 is 1.96 bits per heavy atom. The van der Waals surface area contributed by atoms with Crippen molar-refractivity contribution < 1.29 is 9.53 Å². The first kappa shape index (κ1) is 18.9. The van der Waals surface area contributed by atoms with E-state index in [1.807, 2.05) is 0 Å². The summed E-state index contributed by atoms with van der Waals surface area (Å²) < 4.78 is 5.49. The number of aryl methyl sites for hydroxylation is 1. The van der Waals surface area contributed by atoms with Crippen molar-refractivity contribution in [1.82, 2.24) is 9.88 Å². The number of ether oxygens (including phenoxy) is 1. The zero-order chi connectivity index (χ0) is 18.7. The first-order chi connectivity index (χ1) is 13.2. The fourth-order valence-corrected chi connectivity index (χ4v) is 5.05. The van der Waals surface area contributed by atoms with Crippen LogP contribution in [0.5, 0.6) is 0 Å². The van der Waals surface area contributed by atoms with Crippen LogP contribution in [0.15, 0.2) is 6.07 Å². The van der Waals surface area contributed by atoms with E-state index in [9.17, 15) is 4.79 Å². The van der Waals surface area contributed by atoms with E-state index in [1.165, 1.54) is 42.5 Å². The number of hydrogen-bond donors (Lipinski definition) is 1. The molecule has 2 fully saturated rings. The lowest BCUT2D eigenvalue weighted by atomic mass is 9.71. The Labute approximate surface area is 162 Å². The van der Waals surface area contributed by atoms with Gasteiger partial charge in [-0.1, -0.05) is 26.2 Å². The Kier molecular flexibility index (Phi) is 5.79. The molecule has 1 saturated carbocycles. The minimum Gasteiger partial charge on any atom is -0.379 e. The quantitative estimate of drug-likeness (QED) is 0.857. The Morgan fingerprint density at radius 1 is 1.19 bits per heavy atom. The summed E-state index contributed by atoms with van der Waals surface area (Å²) in [7, 11) is 0. The molecule has 0 radical (unpaired) electrons. The predicted molar refractivity (Wildman–Crippen MR) is 107 cm³/mol. The van der Waals surface area contributed by atoms with Crippen molar-refractivity contribution >= 4 is 11.7 Å². The number of carbonyl (C=O) groups excluding carboxylic acids is 1. The molecule has 2 aliphatic carbocycles. The summed E-state index contributed by atoms with van der Waals surface area (Å²) in [6, 6.07) is 2.14. The van der Waals surface area contributed by atoms with Gasteiger partial charge in [-0.2, -0.15) is 0 Å². The summed E-state index contributed by atoms with van der Waals surface area (Å²) in [5.41, 5.74) is 3.78. The van der Waals surface area contributed by atoms with Gasteiger partial charge in [-0.05, 0) is 55.7 Å². The standard InChI is InChI=1S/C22H33N3O2/c1-2-22(9-4-3-5-10-22)21(26)24-20-15-17(16-25-11-13-27-14-12-25)18-7-6-8-19(18)23-20/h15H,2-14,16H2,1H3,(H,23,24,26). The molecule has 5 heteroatoms. The van der Waals surface area contributed by atoms with Crippen LogP contribution in [0.1, 0.15) is 68.7 Å². The summed E-state index contributed by atoms with van der Waals surface area (Å²) in [5, 5.41) is 3.22. The average molecular weight is 372 g/mol. The molecule has 0 aromatic carbocycles. The fraction of sp³-hybridized carbons (Fsp3) is 0.727. The van der Waals surface area contributed by atoms with Crippen molar-refractivity contribution in [3.05, 3.63) is 22.9 Å². The van der Waals surface area contributed by atoms with E-state index in [1.54, 1.807) is 0 Å². The van der Waals surface area contributed by atoms with Gasteiger partial charge in [0.15, 0.2) is 0 Å². The molecule has 1 saturated heterocycles.